The van der Waals surface area contributed by atoms with Gasteiger partial charge >= 0.3 is 0 Å². The van der Waals surface area contributed by atoms with Crippen LogP contribution in [0.2, 0.25) is 0 Å². The van der Waals surface area contributed by atoms with Crippen LogP contribution in [0.3, 0.4) is 0 Å². The van der Waals surface area contributed by atoms with Gasteiger partial charge in [-0.25, -0.2) is 4.39 Å². The minimum absolute atomic E-state index is 0.289. The summed E-state index contributed by atoms with van der Waals surface area (Å²) in [5.41, 5.74) is 0.474. The summed E-state index contributed by atoms with van der Waals surface area (Å²) in [5, 5.41) is 8.92. The fourth-order valence-electron chi connectivity index (χ4n) is 1.31. The summed E-state index contributed by atoms with van der Waals surface area (Å²) in [6.45, 7) is 0. The number of fused-ring (bicyclic) bond motifs is 1. The Morgan fingerprint density at radius 3 is 2.92 bits per heavy atom. The van der Waals surface area contributed by atoms with Crippen molar-refractivity contribution in [3.63, 3.8) is 0 Å². The minimum Gasteiger partial charge on any atom is -0.454 e. The average molecular weight is 186 g/mol. The fraction of sp³-hybridized carbons (Fsp3) is 0.333. The van der Waals surface area contributed by atoms with E-state index < -0.39 is 12.2 Å². The standard InChI is InChI=1S/C9H8F2O2/c10-8-9(11,12)5-6-3-1-2-4-7(6)13-8/h1-4,8,12H,5H2. The molecule has 0 saturated carbocycles. The lowest BCUT2D eigenvalue weighted by molar-refractivity contribution is -0.213. The van der Waals surface area contributed by atoms with Crippen LogP contribution < -0.4 is 4.74 Å². The van der Waals surface area contributed by atoms with Crippen LogP contribution >= 0.6 is 0 Å². The molecule has 0 spiro atoms. The van der Waals surface area contributed by atoms with Crippen molar-refractivity contribution in [2.75, 3.05) is 0 Å². The summed E-state index contributed by atoms with van der Waals surface area (Å²) >= 11 is 0. The largest absolute Gasteiger partial charge is 0.454 e. The van der Waals surface area contributed by atoms with Gasteiger partial charge < -0.3 is 9.84 Å². The minimum atomic E-state index is -2.91. The molecule has 2 unspecified atom stereocenters. The predicted molar refractivity (Wildman–Crippen MR) is 41.7 cm³/mol. The molecule has 1 aromatic rings. The molecule has 0 radical (unpaired) electrons. The molecule has 0 amide bonds. The van der Waals surface area contributed by atoms with E-state index in [4.69, 9.17) is 5.11 Å². The maximum Gasteiger partial charge on any atom is 0.296 e. The van der Waals surface area contributed by atoms with Gasteiger partial charge in [0.1, 0.15) is 5.75 Å². The number of benzene rings is 1. The molecule has 1 aliphatic rings. The SMILES string of the molecule is OC1(F)Cc2ccccc2OC1F. The zero-order chi connectivity index (χ0) is 9.47. The van der Waals surface area contributed by atoms with Crippen LogP contribution in [-0.4, -0.2) is 17.3 Å². The van der Waals surface area contributed by atoms with E-state index in [9.17, 15) is 8.78 Å². The average Bonchev–Trinajstić information content (AvgIpc) is 2.06. The first-order valence-corrected chi connectivity index (χ1v) is 3.89. The van der Waals surface area contributed by atoms with Gasteiger partial charge in [-0.15, -0.1) is 0 Å². The first-order chi connectivity index (χ1) is 6.09. The number of rotatable bonds is 0. The van der Waals surface area contributed by atoms with Crippen molar-refractivity contribution in [2.24, 2.45) is 0 Å². The Morgan fingerprint density at radius 2 is 2.15 bits per heavy atom. The Balaban J connectivity index is 2.39. The highest BCUT2D eigenvalue weighted by Crippen LogP contribution is 2.34. The number of alkyl halides is 2. The predicted octanol–water partition coefficient (Wildman–Crippen LogP) is 1.58. The van der Waals surface area contributed by atoms with E-state index in [0.717, 1.165) is 0 Å². The molecule has 0 aliphatic carbocycles. The number of hydrogen-bond donors (Lipinski definition) is 1. The summed E-state index contributed by atoms with van der Waals surface area (Å²) in [4.78, 5) is 0. The van der Waals surface area contributed by atoms with Gasteiger partial charge in [-0.2, -0.15) is 4.39 Å². The molecule has 0 bridgehead atoms. The van der Waals surface area contributed by atoms with E-state index in [1.807, 2.05) is 0 Å². The summed E-state index contributed by atoms with van der Waals surface area (Å²) in [7, 11) is 0. The normalized spacial score (nSPS) is 32.1. The van der Waals surface area contributed by atoms with Gasteiger partial charge in [-0.05, 0) is 6.07 Å². The van der Waals surface area contributed by atoms with Gasteiger partial charge in [0.15, 0.2) is 0 Å². The van der Waals surface area contributed by atoms with Gasteiger partial charge in [0.05, 0.1) is 0 Å². The van der Waals surface area contributed by atoms with Crippen molar-refractivity contribution in [3.05, 3.63) is 29.8 Å². The summed E-state index contributed by atoms with van der Waals surface area (Å²) in [6.07, 6.45) is -2.67. The highest BCUT2D eigenvalue weighted by Gasteiger charge is 2.43. The molecule has 2 rings (SSSR count). The zero-order valence-corrected chi connectivity index (χ0v) is 6.71. The lowest BCUT2D eigenvalue weighted by Crippen LogP contribution is -2.43. The number of para-hydroxylation sites is 1. The Bertz CT molecular complexity index is 325. The van der Waals surface area contributed by atoms with Crippen molar-refractivity contribution in [2.45, 2.75) is 18.6 Å². The van der Waals surface area contributed by atoms with Crippen LogP contribution in [0.15, 0.2) is 24.3 Å². The maximum absolute atomic E-state index is 13.0. The zero-order valence-electron chi connectivity index (χ0n) is 6.71. The molecule has 13 heavy (non-hydrogen) atoms. The summed E-state index contributed by atoms with van der Waals surface area (Å²) in [6, 6.07) is 6.47. The monoisotopic (exact) mass is 186 g/mol. The molecule has 1 N–H and O–H groups in total. The molecule has 0 saturated heterocycles. The van der Waals surface area contributed by atoms with E-state index in [1.54, 1.807) is 18.2 Å². The van der Waals surface area contributed by atoms with E-state index in [2.05, 4.69) is 4.74 Å². The molecule has 1 heterocycles. The molecule has 1 aromatic carbocycles. The van der Waals surface area contributed by atoms with Gasteiger partial charge in [0.25, 0.3) is 12.2 Å². The van der Waals surface area contributed by atoms with Gasteiger partial charge in [-0.1, -0.05) is 18.2 Å². The van der Waals surface area contributed by atoms with E-state index in [1.165, 1.54) is 6.07 Å². The van der Waals surface area contributed by atoms with Crippen LogP contribution in [0, 0.1) is 0 Å². The van der Waals surface area contributed by atoms with Crippen LogP contribution in [0.1, 0.15) is 5.56 Å². The third-order valence-electron chi connectivity index (χ3n) is 1.99. The van der Waals surface area contributed by atoms with Crippen molar-refractivity contribution >= 4 is 0 Å². The smallest absolute Gasteiger partial charge is 0.296 e. The topological polar surface area (TPSA) is 29.5 Å². The molecule has 70 valence electrons. The Kier molecular flexibility index (Phi) is 1.73. The molecule has 0 aromatic heterocycles. The van der Waals surface area contributed by atoms with Crippen molar-refractivity contribution in [3.8, 4) is 5.75 Å². The Hall–Kier alpha value is -1.16. The first-order valence-electron chi connectivity index (χ1n) is 3.89. The fourth-order valence-corrected chi connectivity index (χ4v) is 1.31. The molecule has 2 nitrogen and oxygen atoms in total. The summed E-state index contributed by atoms with van der Waals surface area (Å²) in [5.74, 6) is -2.62. The second-order valence-corrected chi connectivity index (χ2v) is 3.04. The Morgan fingerprint density at radius 1 is 1.46 bits per heavy atom. The molecule has 4 heteroatoms. The van der Waals surface area contributed by atoms with Crippen molar-refractivity contribution in [1.82, 2.24) is 0 Å². The first kappa shape index (κ1) is 8.44. The van der Waals surface area contributed by atoms with Crippen LogP contribution in [0.4, 0.5) is 8.78 Å². The maximum atomic E-state index is 13.0. The third kappa shape index (κ3) is 1.37. The second-order valence-electron chi connectivity index (χ2n) is 3.04. The lowest BCUT2D eigenvalue weighted by Gasteiger charge is -2.29. The number of aliphatic hydroxyl groups is 1. The molecule has 0 fully saturated rings. The highest BCUT2D eigenvalue weighted by molar-refractivity contribution is 5.36. The van der Waals surface area contributed by atoms with E-state index >= 15 is 0 Å². The number of hydrogen-bond acceptors (Lipinski definition) is 2. The number of halogens is 2. The molecule has 1 aliphatic heterocycles. The lowest BCUT2D eigenvalue weighted by atomic mass is 10.0. The van der Waals surface area contributed by atoms with Crippen LogP contribution in [0.5, 0.6) is 5.75 Å². The molecular weight excluding hydrogens is 178 g/mol. The van der Waals surface area contributed by atoms with Crippen molar-refractivity contribution < 1.29 is 18.6 Å². The number of ether oxygens (including phenoxy) is 1. The van der Waals surface area contributed by atoms with Gasteiger partial charge in [0, 0.05) is 12.0 Å². The van der Waals surface area contributed by atoms with Crippen molar-refractivity contribution in [1.29, 1.82) is 0 Å². The van der Waals surface area contributed by atoms with E-state index in [-0.39, 0.29) is 12.2 Å². The van der Waals surface area contributed by atoms with E-state index in [0.29, 0.717) is 5.56 Å². The van der Waals surface area contributed by atoms with Gasteiger partial charge in [-0.3, -0.25) is 0 Å². The quantitative estimate of drug-likeness (QED) is 0.666. The molecule has 2 atom stereocenters. The van der Waals surface area contributed by atoms with Crippen LogP contribution in [-0.2, 0) is 6.42 Å². The van der Waals surface area contributed by atoms with Crippen LogP contribution in [0.25, 0.3) is 0 Å². The summed E-state index contributed by atoms with van der Waals surface area (Å²) < 4.78 is 30.3. The highest BCUT2D eigenvalue weighted by atomic mass is 19.2. The second kappa shape index (κ2) is 2.67. The Labute approximate surface area is 73.8 Å². The molecular formula is C9H8F2O2. The van der Waals surface area contributed by atoms with Gasteiger partial charge in [0.2, 0.25) is 0 Å². The third-order valence-corrected chi connectivity index (χ3v) is 1.99.